The first-order chi connectivity index (χ1) is 11.1. The molecule has 0 aliphatic carbocycles. The predicted molar refractivity (Wildman–Crippen MR) is 73.4 cm³/mol. The van der Waals surface area contributed by atoms with E-state index in [-0.39, 0.29) is 30.9 Å². The lowest BCUT2D eigenvalue weighted by Gasteiger charge is -2.38. The fourth-order valence-electron chi connectivity index (χ4n) is 2.39. The Balaban J connectivity index is 2.31. The van der Waals surface area contributed by atoms with Gasteiger partial charge >= 0.3 is 18.1 Å². The van der Waals surface area contributed by atoms with E-state index in [1.807, 2.05) is 0 Å². The molecule has 24 heavy (non-hydrogen) atoms. The third-order valence-electron chi connectivity index (χ3n) is 3.66. The summed E-state index contributed by atoms with van der Waals surface area (Å²) >= 11 is 0. The molecule has 0 radical (unpaired) electrons. The number of carbonyl (C=O) groups excluding carboxylic acids is 1. The van der Waals surface area contributed by atoms with E-state index in [1.165, 1.54) is 24.3 Å². The molecule has 2 rings (SSSR count). The van der Waals surface area contributed by atoms with Crippen LogP contribution in [0, 0.1) is 0 Å². The molecule has 0 bridgehead atoms. The number of carboxylic acids is 1. The number of halogens is 5. The van der Waals surface area contributed by atoms with Gasteiger partial charge in [0.25, 0.3) is 0 Å². The van der Waals surface area contributed by atoms with E-state index in [0.717, 1.165) is 4.90 Å². The highest BCUT2D eigenvalue weighted by Gasteiger charge is 2.65. The van der Waals surface area contributed by atoms with Crippen LogP contribution in [0.15, 0.2) is 24.3 Å². The van der Waals surface area contributed by atoms with Gasteiger partial charge in [-0.05, 0) is 24.3 Å². The molecule has 1 unspecified atom stereocenters. The van der Waals surface area contributed by atoms with Gasteiger partial charge in [0.15, 0.2) is 0 Å². The molecule has 1 aliphatic rings. The van der Waals surface area contributed by atoms with Crippen LogP contribution in [0.2, 0.25) is 0 Å². The van der Waals surface area contributed by atoms with Gasteiger partial charge in [-0.1, -0.05) is 0 Å². The molecule has 10 heteroatoms. The summed E-state index contributed by atoms with van der Waals surface area (Å²) in [5.41, 5.74) is 0.121. The number of benzene rings is 1. The van der Waals surface area contributed by atoms with Crippen LogP contribution in [0.3, 0.4) is 0 Å². The van der Waals surface area contributed by atoms with Crippen LogP contribution in [0.5, 0.6) is 0 Å². The number of carbonyl (C=O) groups is 2. The summed E-state index contributed by atoms with van der Waals surface area (Å²) in [5.74, 6) is -8.92. The second kappa shape index (κ2) is 6.34. The third kappa shape index (κ3) is 3.32. The highest BCUT2D eigenvalue weighted by Crippen LogP contribution is 2.38. The van der Waals surface area contributed by atoms with Gasteiger partial charge in [-0.15, -0.1) is 0 Å². The molecule has 1 atom stereocenters. The largest absolute Gasteiger partial charge is 0.478 e. The Hall–Kier alpha value is -2.23. The van der Waals surface area contributed by atoms with Gasteiger partial charge in [-0.2, -0.15) is 22.0 Å². The Kier molecular flexibility index (Phi) is 4.79. The van der Waals surface area contributed by atoms with Gasteiger partial charge in [0.1, 0.15) is 6.04 Å². The van der Waals surface area contributed by atoms with Crippen LogP contribution in [-0.4, -0.2) is 54.6 Å². The van der Waals surface area contributed by atoms with Crippen molar-refractivity contribution < 1.29 is 36.6 Å². The van der Waals surface area contributed by atoms with Crippen LogP contribution in [-0.2, 0) is 4.79 Å². The summed E-state index contributed by atoms with van der Waals surface area (Å²) in [4.78, 5) is 23.7. The Morgan fingerprint density at radius 2 is 1.71 bits per heavy atom. The second-order valence-electron chi connectivity index (χ2n) is 5.20. The summed E-state index contributed by atoms with van der Waals surface area (Å²) in [5, 5.41) is 11.4. The van der Waals surface area contributed by atoms with Gasteiger partial charge in [0.05, 0.1) is 5.56 Å². The average molecular weight is 352 g/mol. The zero-order chi connectivity index (χ0) is 18.1. The molecule has 1 heterocycles. The van der Waals surface area contributed by atoms with E-state index in [1.54, 1.807) is 0 Å². The van der Waals surface area contributed by atoms with Crippen LogP contribution in [0.1, 0.15) is 10.4 Å². The van der Waals surface area contributed by atoms with Gasteiger partial charge in [-0.3, -0.25) is 4.79 Å². The number of nitrogens with zero attached hydrogens (tertiary/aromatic N) is 1. The minimum Gasteiger partial charge on any atom is -0.478 e. The van der Waals surface area contributed by atoms with Crippen molar-refractivity contribution in [1.82, 2.24) is 5.32 Å². The molecule has 1 aromatic carbocycles. The fourth-order valence-corrected chi connectivity index (χ4v) is 2.39. The van der Waals surface area contributed by atoms with Crippen molar-refractivity contribution in [3.8, 4) is 0 Å². The summed E-state index contributed by atoms with van der Waals surface area (Å²) in [6.07, 6.45) is -5.97. The number of alkyl halides is 5. The number of ketones is 1. The summed E-state index contributed by atoms with van der Waals surface area (Å²) in [6, 6.07) is 3.18. The SMILES string of the molecule is O=C(O)c1ccc(N2CCNCC2C(=O)C(F)(F)C(F)(F)F)cc1. The van der Waals surface area contributed by atoms with Crippen LogP contribution in [0.4, 0.5) is 27.6 Å². The first-order valence-corrected chi connectivity index (χ1v) is 6.85. The normalized spacial score (nSPS) is 19.2. The van der Waals surface area contributed by atoms with E-state index >= 15 is 0 Å². The molecule has 0 amide bonds. The number of Topliss-reactive ketones (excluding diaryl/α,β-unsaturated/α-hetero) is 1. The van der Waals surface area contributed by atoms with E-state index in [0.29, 0.717) is 0 Å². The highest BCUT2D eigenvalue weighted by atomic mass is 19.4. The standard InChI is InChI=1S/C14H13F5N2O3/c15-13(16,14(17,18)19)11(22)10-7-20-5-6-21(10)9-3-1-8(2-4-9)12(23)24/h1-4,10,20H,5-7H2,(H,23,24). The molecule has 5 nitrogen and oxygen atoms in total. The van der Waals surface area contributed by atoms with Crippen molar-refractivity contribution >= 4 is 17.4 Å². The lowest BCUT2D eigenvalue weighted by atomic mass is 10.0. The number of nitrogens with one attached hydrogen (secondary N) is 1. The zero-order valence-corrected chi connectivity index (χ0v) is 12.1. The molecule has 1 aliphatic heterocycles. The number of aromatic carboxylic acids is 1. The topological polar surface area (TPSA) is 69.6 Å². The van der Waals surface area contributed by atoms with E-state index < -0.39 is 29.9 Å². The minimum atomic E-state index is -5.97. The Morgan fingerprint density at radius 1 is 1.12 bits per heavy atom. The van der Waals surface area contributed by atoms with E-state index in [4.69, 9.17) is 5.11 Å². The van der Waals surface area contributed by atoms with Crippen molar-refractivity contribution in [3.63, 3.8) is 0 Å². The molecule has 1 saturated heterocycles. The number of anilines is 1. The lowest BCUT2D eigenvalue weighted by molar-refractivity contribution is -0.269. The Labute approximate surface area is 133 Å². The number of piperazine rings is 1. The highest BCUT2D eigenvalue weighted by molar-refractivity contribution is 5.94. The third-order valence-corrected chi connectivity index (χ3v) is 3.66. The van der Waals surface area contributed by atoms with Crippen LogP contribution < -0.4 is 10.2 Å². The van der Waals surface area contributed by atoms with E-state index in [9.17, 15) is 31.5 Å². The number of carboxylic acid groups (broad SMARTS) is 1. The number of hydrogen-bond donors (Lipinski definition) is 2. The van der Waals surface area contributed by atoms with Crippen LogP contribution >= 0.6 is 0 Å². The van der Waals surface area contributed by atoms with Crippen molar-refractivity contribution in [2.45, 2.75) is 18.1 Å². The van der Waals surface area contributed by atoms with Gasteiger partial charge in [0.2, 0.25) is 5.78 Å². The van der Waals surface area contributed by atoms with Crippen molar-refractivity contribution in [2.75, 3.05) is 24.5 Å². The fraction of sp³-hybridized carbons (Fsp3) is 0.429. The summed E-state index contributed by atoms with van der Waals surface area (Å²) in [6.45, 7) is -0.0655. The monoisotopic (exact) mass is 352 g/mol. The molecule has 1 aromatic rings. The van der Waals surface area contributed by atoms with Crippen molar-refractivity contribution in [2.24, 2.45) is 0 Å². The minimum absolute atomic E-state index is 0.0246. The van der Waals surface area contributed by atoms with Crippen molar-refractivity contribution in [3.05, 3.63) is 29.8 Å². The Bertz CT molecular complexity index is 630. The van der Waals surface area contributed by atoms with Crippen LogP contribution in [0.25, 0.3) is 0 Å². The van der Waals surface area contributed by atoms with Gasteiger partial charge < -0.3 is 15.3 Å². The predicted octanol–water partition coefficient (Wildman–Crippen LogP) is 1.93. The second-order valence-corrected chi connectivity index (χ2v) is 5.20. The smallest absolute Gasteiger partial charge is 0.461 e. The quantitative estimate of drug-likeness (QED) is 0.811. The molecular weight excluding hydrogens is 339 g/mol. The van der Waals surface area contributed by atoms with E-state index in [2.05, 4.69) is 5.32 Å². The molecule has 1 fully saturated rings. The van der Waals surface area contributed by atoms with Crippen molar-refractivity contribution in [1.29, 1.82) is 0 Å². The molecule has 0 aromatic heterocycles. The molecule has 132 valence electrons. The first kappa shape index (κ1) is 18.1. The molecule has 2 N–H and O–H groups in total. The summed E-state index contributed by atoms with van der Waals surface area (Å²) < 4.78 is 64.0. The maximum absolute atomic E-state index is 13.4. The molecule has 0 spiro atoms. The average Bonchev–Trinajstić information content (AvgIpc) is 2.53. The van der Waals surface area contributed by atoms with Gasteiger partial charge in [-0.25, -0.2) is 4.79 Å². The molecular formula is C14H13F5N2O3. The number of hydrogen-bond acceptors (Lipinski definition) is 4. The maximum Gasteiger partial charge on any atom is 0.461 e. The lowest BCUT2D eigenvalue weighted by Crippen LogP contribution is -2.61. The molecule has 0 saturated carbocycles. The van der Waals surface area contributed by atoms with Gasteiger partial charge in [0, 0.05) is 25.3 Å². The summed E-state index contributed by atoms with van der Waals surface area (Å²) in [7, 11) is 0. The number of rotatable bonds is 4. The Morgan fingerprint density at radius 3 is 2.21 bits per heavy atom. The zero-order valence-electron chi connectivity index (χ0n) is 12.1. The first-order valence-electron chi connectivity index (χ1n) is 6.85. The maximum atomic E-state index is 13.4.